The molecule has 1 aromatic heterocycles. The minimum absolute atomic E-state index is 0.192. The molecule has 5 heteroatoms. The molecule has 0 saturated carbocycles. The number of nitrogens with zero attached hydrogens (tertiary/aromatic N) is 1. The molecule has 1 aromatic carbocycles. The van der Waals surface area contributed by atoms with Crippen LogP contribution in [0.4, 0.5) is 0 Å². The molecule has 4 nitrogen and oxygen atoms in total. The maximum Gasteiger partial charge on any atom is 0.309 e. The van der Waals surface area contributed by atoms with E-state index in [-0.39, 0.29) is 11.3 Å². The number of para-hydroxylation sites is 1. The zero-order valence-corrected chi connectivity index (χ0v) is 9.49. The third kappa shape index (κ3) is 1.97. The lowest BCUT2D eigenvalue weighted by molar-refractivity contribution is 0.475. The van der Waals surface area contributed by atoms with Crippen LogP contribution in [0.2, 0.25) is 5.02 Å². The fourth-order valence-electron chi connectivity index (χ4n) is 1.34. The minimum atomic E-state index is -0.192. The molecule has 2 aromatic rings. The van der Waals surface area contributed by atoms with Gasteiger partial charge in [0.2, 0.25) is 5.75 Å². The molecule has 0 amide bonds. The molecule has 0 fully saturated rings. The highest BCUT2D eigenvalue weighted by molar-refractivity contribution is 6.32. The van der Waals surface area contributed by atoms with Crippen molar-refractivity contribution in [3.63, 3.8) is 0 Å². The molecule has 84 valence electrons. The number of halogens is 1. The van der Waals surface area contributed by atoms with Gasteiger partial charge in [0.25, 0.3) is 0 Å². The average Bonchev–Trinajstić information content (AvgIpc) is 2.63. The van der Waals surface area contributed by atoms with Gasteiger partial charge in [-0.1, -0.05) is 23.7 Å². The van der Waals surface area contributed by atoms with Crippen LogP contribution in [0.3, 0.4) is 0 Å². The maximum absolute atomic E-state index is 11.7. The number of benzene rings is 1. The number of rotatable bonds is 3. The second-order valence-corrected chi connectivity index (χ2v) is 3.63. The third-order valence-corrected chi connectivity index (χ3v) is 2.49. The molecule has 0 spiro atoms. The van der Waals surface area contributed by atoms with Gasteiger partial charge in [0.1, 0.15) is 5.75 Å². The number of aromatic amines is 1. The molecule has 2 rings (SSSR count). The van der Waals surface area contributed by atoms with Gasteiger partial charge in [-0.15, -0.1) is 0 Å². The van der Waals surface area contributed by atoms with E-state index in [0.29, 0.717) is 17.3 Å². The first-order valence-electron chi connectivity index (χ1n) is 4.93. The zero-order valence-electron chi connectivity index (χ0n) is 8.74. The Labute approximate surface area is 97.4 Å². The zero-order chi connectivity index (χ0) is 11.5. The molecule has 0 unspecified atom stereocenters. The normalized spacial score (nSPS) is 10.4. The first-order chi connectivity index (χ1) is 7.72. The molecule has 0 bridgehead atoms. The van der Waals surface area contributed by atoms with E-state index < -0.39 is 0 Å². The number of hydrogen-bond acceptors (Lipinski definition) is 2. The number of H-pyrrole nitrogens is 1. The summed E-state index contributed by atoms with van der Waals surface area (Å²) in [4.78, 5) is 11.7. The highest BCUT2D eigenvalue weighted by atomic mass is 35.5. The summed E-state index contributed by atoms with van der Waals surface area (Å²) in [5, 5.41) is 3.28. The van der Waals surface area contributed by atoms with E-state index in [2.05, 4.69) is 5.10 Å². The topological polar surface area (TPSA) is 47.0 Å². The van der Waals surface area contributed by atoms with Gasteiger partial charge in [0.15, 0.2) is 0 Å². The molecule has 0 radical (unpaired) electrons. The molecule has 0 saturated heterocycles. The Bertz CT molecular complexity index is 545. The lowest BCUT2D eigenvalue weighted by Gasteiger charge is -2.03. The summed E-state index contributed by atoms with van der Waals surface area (Å²) in [5.74, 6) is 0.721. The Morgan fingerprint density at radius 3 is 2.75 bits per heavy atom. The first kappa shape index (κ1) is 10.8. The fourth-order valence-corrected chi connectivity index (χ4v) is 1.52. The van der Waals surface area contributed by atoms with Crippen molar-refractivity contribution in [1.29, 1.82) is 0 Å². The highest BCUT2D eigenvalue weighted by Gasteiger charge is 2.08. The predicted molar refractivity (Wildman–Crippen MR) is 62.3 cm³/mol. The summed E-state index contributed by atoms with van der Waals surface area (Å²) in [6, 6.07) is 7.02. The lowest BCUT2D eigenvalue weighted by Crippen LogP contribution is -2.15. The van der Waals surface area contributed by atoms with Crippen molar-refractivity contribution in [3.05, 3.63) is 45.8 Å². The van der Waals surface area contributed by atoms with Crippen molar-refractivity contribution in [1.82, 2.24) is 9.78 Å². The van der Waals surface area contributed by atoms with E-state index in [0.717, 1.165) is 0 Å². The first-order valence-corrected chi connectivity index (χ1v) is 5.30. The number of hydrogen-bond donors (Lipinski definition) is 1. The van der Waals surface area contributed by atoms with Gasteiger partial charge in [-0.3, -0.25) is 14.6 Å². The van der Waals surface area contributed by atoms with Gasteiger partial charge in [-0.25, -0.2) is 0 Å². The Morgan fingerprint density at radius 1 is 1.38 bits per heavy atom. The Hall–Kier alpha value is -1.68. The fraction of sp³-hybridized carbons (Fsp3) is 0.182. The summed E-state index contributed by atoms with van der Waals surface area (Å²) in [7, 11) is 0. The number of aryl methyl sites for hydroxylation is 1. The van der Waals surface area contributed by atoms with E-state index in [1.54, 1.807) is 24.3 Å². The van der Waals surface area contributed by atoms with Crippen LogP contribution in [-0.4, -0.2) is 9.78 Å². The molecule has 16 heavy (non-hydrogen) atoms. The summed E-state index contributed by atoms with van der Waals surface area (Å²) in [6.45, 7) is 2.45. The molecule has 0 atom stereocenters. The maximum atomic E-state index is 11.7. The van der Waals surface area contributed by atoms with E-state index in [4.69, 9.17) is 16.3 Å². The van der Waals surface area contributed by atoms with E-state index in [1.165, 1.54) is 10.9 Å². The lowest BCUT2D eigenvalue weighted by atomic mass is 10.3. The van der Waals surface area contributed by atoms with Gasteiger partial charge in [-0.2, -0.15) is 0 Å². The van der Waals surface area contributed by atoms with Crippen molar-refractivity contribution in [3.8, 4) is 11.5 Å². The second-order valence-electron chi connectivity index (χ2n) is 3.22. The van der Waals surface area contributed by atoms with Crippen molar-refractivity contribution in [2.75, 3.05) is 0 Å². The standard InChI is InChI=1S/C11H11ClN2O2/c1-2-14-11(15)10(7-13-14)16-9-6-4-3-5-8(9)12/h3-7,13H,2H2,1H3. The van der Waals surface area contributed by atoms with Crippen LogP contribution in [0.25, 0.3) is 0 Å². The SMILES string of the molecule is CCn1[nH]cc(Oc2ccccc2Cl)c1=O. The van der Waals surface area contributed by atoms with E-state index in [9.17, 15) is 4.79 Å². The highest BCUT2D eigenvalue weighted by Crippen LogP contribution is 2.26. The Balaban J connectivity index is 2.31. The predicted octanol–water partition coefficient (Wildman–Crippen LogP) is 2.64. The largest absolute Gasteiger partial charge is 0.448 e. The second kappa shape index (κ2) is 4.45. The monoisotopic (exact) mass is 238 g/mol. The van der Waals surface area contributed by atoms with Crippen molar-refractivity contribution < 1.29 is 4.74 Å². The van der Waals surface area contributed by atoms with Crippen molar-refractivity contribution >= 4 is 11.6 Å². The summed E-state index contributed by atoms with van der Waals surface area (Å²) in [6.07, 6.45) is 1.52. The molecular formula is C11H11ClN2O2. The number of ether oxygens (including phenoxy) is 1. The molecule has 0 aliphatic rings. The van der Waals surface area contributed by atoms with Crippen molar-refractivity contribution in [2.45, 2.75) is 13.5 Å². The van der Waals surface area contributed by atoms with Crippen LogP contribution >= 0.6 is 11.6 Å². The molecule has 1 N–H and O–H groups in total. The Morgan fingerprint density at radius 2 is 2.12 bits per heavy atom. The Kier molecular flexibility index (Phi) is 3.01. The minimum Gasteiger partial charge on any atom is -0.448 e. The summed E-state index contributed by atoms with van der Waals surface area (Å²) in [5.41, 5.74) is -0.192. The van der Waals surface area contributed by atoms with Crippen LogP contribution in [0, 0.1) is 0 Å². The number of aromatic nitrogens is 2. The van der Waals surface area contributed by atoms with Gasteiger partial charge < -0.3 is 4.74 Å². The van der Waals surface area contributed by atoms with Crippen LogP contribution in [0.5, 0.6) is 11.5 Å². The van der Waals surface area contributed by atoms with Crippen LogP contribution in [0.15, 0.2) is 35.3 Å². The van der Waals surface area contributed by atoms with Crippen LogP contribution in [0.1, 0.15) is 6.92 Å². The molecular weight excluding hydrogens is 228 g/mol. The molecule has 1 heterocycles. The van der Waals surface area contributed by atoms with Gasteiger partial charge in [0, 0.05) is 6.54 Å². The summed E-state index contributed by atoms with van der Waals surface area (Å²) >= 11 is 5.92. The van der Waals surface area contributed by atoms with E-state index in [1.807, 2.05) is 6.92 Å². The average molecular weight is 239 g/mol. The molecule has 0 aliphatic carbocycles. The van der Waals surface area contributed by atoms with Crippen LogP contribution in [-0.2, 0) is 6.54 Å². The van der Waals surface area contributed by atoms with E-state index >= 15 is 0 Å². The van der Waals surface area contributed by atoms with Gasteiger partial charge in [-0.05, 0) is 19.1 Å². The quantitative estimate of drug-likeness (QED) is 0.894. The van der Waals surface area contributed by atoms with Gasteiger partial charge in [0.05, 0.1) is 11.2 Å². The third-order valence-electron chi connectivity index (χ3n) is 2.18. The van der Waals surface area contributed by atoms with Crippen molar-refractivity contribution in [2.24, 2.45) is 0 Å². The smallest absolute Gasteiger partial charge is 0.309 e. The number of nitrogens with one attached hydrogen (secondary N) is 1. The summed E-state index contributed by atoms with van der Waals surface area (Å²) < 4.78 is 6.88. The van der Waals surface area contributed by atoms with Gasteiger partial charge >= 0.3 is 5.56 Å². The van der Waals surface area contributed by atoms with Crippen LogP contribution < -0.4 is 10.3 Å². The molecule has 0 aliphatic heterocycles.